The van der Waals surface area contributed by atoms with E-state index in [2.05, 4.69) is 0 Å². The molecule has 0 unspecified atom stereocenters. The predicted octanol–water partition coefficient (Wildman–Crippen LogP) is 4.73. The van der Waals surface area contributed by atoms with Crippen molar-refractivity contribution < 1.29 is 13.5 Å². The van der Waals surface area contributed by atoms with E-state index in [-0.39, 0.29) is 27.2 Å². The van der Waals surface area contributed by atoms with Crippen molar-refractivity contribution in [3.05, 3.63) is 111 Å². The van der Waals surface area contributed by atoms with E-state index in [1.165, 1.54) is 35.9 Å². The molecule has 0 aliphatic heterocycles. The van der Waals surface area contributed by atoms with E-state index in [0.29, 0.717) is 29.4 Å². The Morgan fingerprint density at radius 1 is 0.900 bits per heavy atom. The van der Waals surface area contributed by atoms with E-state index in [1.54, 1.807) is 29.1 Å². The molecule has 1 saturated carbocycles. The lowest BCUT2D eigenvalue weighted by molar-refractivity contribution is 0.0472. The van der Waals surface area contributed by atoms with Crippen LogP contribution in [0, 0.1) is 6.92 Å². The SMILES string of the molecule is Cc1ccc(S(=O)(=O)n2c(Cl)cc3c(-c4cc(=O)n(C5CC(O)C5)cc4-c4ccccc4)cn(C)c(=O)c32)cc1. The Hall–Kier alpha value is -3.92. The highest BCUT2D eigenvalue weighted by Crippen LogP contribution is 2.39. The Balaban J connectivity index is 1.65. The number of hydrogen-bond donors (Lipinski definition) is 1. The molecule has 0 radical (unpaired) electrons. The maximum absolute atomic E-state index is 13.7. The first-order valence-electron chi connectivity index (χ1n) is 12.8. The number of fused-ring (bicyclic) bond motifs is 1. The van der Waals surface area contributed by atoms with Gasteiger partial charge in [-0.05, 0) is 49.1 Å². The summed E-state index contributed by atoms with van der Waals surface area (Å²) in [7, 11) is -2.68. The van der Waals surface area contributed by atoms with Gasteiger partial charge in [0, 0.05) is 48.1 Å². The molecule has 5 aromatic rings. The largest absolute Gasteiger partial charge is 0.393 e. The summed E-state index contributed by atoms with van der Waals surface area (Å²) in [4.78, 5) is 26.8. The molecular weight excluding hydrogens is 550 g/mol. The number of halogens is 1. The zero-order valence-electron chi connectivity index (χ0n) is 21.8. The minimum absolute atomic E-state index is 0.000198. The second kappa shape index (κ2) is 9.62. The van der Waals surface area contributed by atoms with Crippen molar-refractivity contribution in [1.82, 2.24) is 13.1 Å². The monoisotopic (exact) mass is 575 g/mol. The van der Waals surface area contributed by atoms with Gasteiger partial charge in [0.1, 0.15) is 10.7 Å². The molecule has 1 fully saturated rings. The number of pyridine rings is 2. The molecule has 6 rings (SSSR count). The number of nitrogens with zero attached hydrogens (tertiary/aromatic N) is 3. The molecule has 0 spiro atoms. The first-order chi connectivity index (χ1) is 19.1. The minimum atomic E-state index is -4.22. The Labute approximate surface area is 235 Å². The lowest BCUT2D eigenvalue weighted by Gasteiger charge is -2.33. The van der Waals surface area contributed by atoms with Gasteiger partial charge in [-0.2, -0.15) is 0 Å². The average molecular weight is 576 g/mol. The van der Waals surface area contributed by atoms with Crippen LogP contribution in [0.25, 0.3) is 33.2 Å². The number of rotatable bonds is 5. The lowest BCUT2D eigenvalue weighted by Crippen LogP contribution is -2.36. The highest BCUT2D eigenvalue weighted by Gasteiger charge is 2.31. The molecule has 1 N–H and O–H groups in total. The highest BCUT2D eigenvalue weighted by molar-refractivity contribution is 7.90. The van der Waals surface area contributed by atoms with E-state index in [1.807, 2.05) is 37.3 Å². The summed E-state index contributed by atoms with van der Waals surface area (Å²) < 4.78 is 31.3. The summed E-state index contributed by atoms with van der Waals surface area (Å²) in [5, 5.41) is 10.0. The molecule has 8 nitrogen and oxygen atoms in total. The number of aryl methyl sites for hydroxylation is 2. The Bertz CT molecular complexity index is 2000. The van der Waals surface area contributed by atoms with Crippen molar-refractivity contribution in [3.8, 4) is 22.3 Å². The number of aliphatic hydroxyl groups is 1. The summed E-state index contributed by atoms with van der Waals surface area (Å²) in [6.45, 7) is 1.85. The van der Waals surface area contributed by atoms with E-state index < -0.39 is 21.7 Å². The molecule has 2 aromatic carbocycles. The van der Waals surface area contributed by atoms with Crippen LogP contribution in [0.2, 0.25) is 5.15 Å². The molecule has 0 bridgehead atoms. The van der Waals surface area contributed by atoms with Crippen LogP contribution in [0.15, 0.2) is 93.6 Å². The molecule has 10 heteroatoms. The van der Waals surface area contributed by atoms with Gasteiger partial charge in [-0.1, -0.05) is 59.6 Å². The molecule has 1 aliphatic carbocycles. The van der Waals surface area contributed by atoms with E-state index >= 15 is 0 Å². The molecule has 0 saturated heterocycles. The third-order valence-electron chi connectivity index (χ3n) is 7.55. The smallest absolute Gasteiger partial charge is 0.275 e. The molecule has 0 amide bonds. The highest BCUT2D eigenvalue weighted by atomic mass is 35.5. The van der Waals surface area contributed by atoms with Gasteiger partial charge in [0.15, 0.2) is 0 Å². The van der Waals surface area contributed by atoms with Gasteiger partial charge in [0.05, 0.1) is 11.0 Å². The van der Waals surface area contributed by atoms with Crippen molar-refractivity contribution in [2.75, 3.05) is 0 Å². The van der Waals surface area contributed by atoms with Crippen molar-refractivity contribution >= 4 is 32.5 Å². The normalized spacial score (nSPS) is 17.2. The number of benzene rings is 2. The Kier molecular flexibility index (Phi) is 6.33. The van der Waals surface area contributed by atoms with E-state index in [4.69, 9.17) is 11.6 Å². The zero-order valence-corrected chi connectivity index (χ0v) is 23.4. The van der Waals surface area contributed by atoms with Gasteiger partial charge >= 0.3 is 0 Å². The van der Waals surface area contributed by atoms with E-state index in [9.17, 15) is 23.1 Å². The van der Waals surface area contributed by atoms with Gasteiger partial charge in [-0.3, -0.25) is 9.59 Å². The van der Waals surface area contributed by atoms with Gasteiger partial charge in [0.25, 0.3) is 21.1 Å². The van der Waals surface area contributed by atoms with Gasteiger partial charge in [0.2, 0.25) is 0 Å². The van der Waals surface area contributed by atoms with Gasteiger partial charge in [-0.15, -0.1) is 0 Å². The minimum Gasteiger partial charge on any atom is -0.393 e. The van der Waals surface area contributed by atoms with E-state index in [0.717, 1.165) is 20.7 Å². The van der Waals surface area contributed by atoms with Crippen molar-refractivity contribution in [3.63, 3.8) is 0 Å². The first kappa shape index (κ1) is 26.3. The third kappa shape index (κ3) is 4.21. The lowest BCUT2D eigenvalue weighted by atomic mass is 9.88. The topological polar surface area (TPSA) is 103 Å². The van der Waals surface area contributed by atoms with Crippen molar-refractivity contribution in [2.45, 2.75) is 36.8 Å². The average Bonchev–Trinajstić information content (AvgIpc) is 3.28. The van der Waals surface area contributed by atoms with Crippen LogP contribution in [0.3, 0.4) is 0 Å². The quantitative estimate of drug-likeness (QED) is 0.326. The van der Waals surface area contributed by atoms with Crippen LogP contribution in [-0.2, 0) is 17.1 Å². The van der Waals surface area contributed by atoms with Crippen LogP contribution in [0.1, 0.15) is 24.4 Å². The summed E-state index contributed by atoms with van der Waals surface area (Å²) in [6.07, 6.45) is 3.93. The number of aromatic nitrogens is 3. The summed E-state index contributed by atoms with van der Waals surface area (Å²) in [5.74, 6) is 0. The maximum Gasteiger partial charge on any atom is 0.275 e. The second-order valence-electron chi connectivity index (χ2n) is 10.3. The fourth-order valence-electron chi connectivity index (χ4n) is 5.31. The summed E-state index contributed by atoms with van der Waals surface area (Å²) in [5.41, 5.74) is 2.59. The van der Waals surface area contributed by atoms with Gasteiger partial charge in [-0.25, -0.2) is 12.4 Å². The fourth-order valence-corrected chi connectivity index (χ4v) is 7.17. The Morgan fingerprint density at radius 2 is 1.57 bits per heavy atom. The zero-order chi connectivity index (χ0) is 28.3. The van der Waals surface area contributed by atoms with Crippen molar-refractivity contribution in [2.24, 2.45) is 7.05 Å². The molecule has 40 heavy (non-hydrogen) atoms. The molecule has 0 atom stereocenters. The van der Waals surface area contributed by atoms with Crippen LogP contribution >= 0.6 is 11.6 Å². The molecule has 204 valence electrons. The van der Waals surface area contributed by atoms with Crippen LogP contribution < -0.4 is 11.1 Å². The van der Waals surface area contributed by atoms with Crippen LogP contribution in [0.5, 0.6) is 0 Å². The molecule has 3 aromatic heterocycles. The second-order valence-corrected chi connectivity index (χ2v) is 12.4. The Morgan fingerprint density at radius 3 is 2.23 bits per heavy atom. The molecule has 1 aliphatic rings. The maximum atomic E-state index is 13.7. The third-order valence-corrected chi connectivity index (χ3v) is 9.65. The van der Waals surface area contributed by atoms with Crippen molar-refractivity contribution in [1.29, 1.82) is 0 Å². The van der Waals surface area contributed by atoms with Gasteiger partial charge < -0.3 is 14.2 Å². The fraction of sp³-hybridized carbons (Fsp3) is 0.200. The number of aliphatic hydroxyl groups excluding tert-OH is 1. The van der Waals surface area contributed by atoms with Crippen LogP contribution in [0.4, 0.5) is 0 Å². The first-order valence-corrected chi connectivity index (χ1v) is 14.6. The standard InChI is InChI=1S/C30H26ClN3O5S/c1-18-8-10-22(11-9-18)40(38,39)34-27(31)14-24-26(16-32(2)30(37)29(24)34)23-15-28(36)33(20-12-21(35)13-20)17-25(23)19-6-4-3-5-7-19/h3-11,14-17,20-21,35H,12-13H2,1-2H3. The predicted molar refractivity (Wildman–Crippen MR) is 155 cm³/mol. The molecule has 3 heterocycles. The summed E-state index contributed by atoms with van der Waals surface area (Å²) >= 11 is 6.56. The number of hydrogen-bond acceptors (Lipinski definition) is 5. The summed E-state index contributed by atoms with van der Waals surface area (Å²) in [6, 6.07) is 18.7. The molecular formula is C30H26ClN3O5S. The van der Waals surface area contributed by atoms with Crippen LogP contribution in [-0.4, -0.2) is 32.7 Å².